The van der Waals surface area contributed by atoms with Crippen molar-refractivity contribution < 1.29 is 9.90 Å². The van der Waals surface area contributed by atoms with E-state index < -0.39 is 5.97 Å². The van der Waals surface area contributed by atoms with Crippen molar-refractivity contribution in [1.29, 1.82) is 0 Å². The molecule has 3 heterocycles. The lowest BCUT2D eigenvalue weighted by Crippen LogP contribution is -2.06. The Labute approximate surface area is 144 Å². The summed E-state index contributed by atoms with van der Waals surface area (Å²) in [7, 11) is 0. The minimum absolute atomic E-state index is 0.166. The maximum Gasteiger partial charge on any atom is 0.335 e. The number of hydrogen-bond acceptors (Lipinski definition) is 6. The lowest BCUT2D eigenvalue weighted by atomic mass is 10.1. The van der Waals surface area contributed by atoms with E-state index >= 15 is 0 Å². The molecule has 3 aromatic heterocycles. The molecule has 0 aromatic carbocycles. The summed E-state index contributed by atoms with van der Waals surface area (Å²) >= 11 is 0. The molecule has 25 heavy (non-hydrogen) atoms. The summed E-state index contributed by atoms with van der Waals surface area (Å²) in [5.41, 5.74) is 4.39. The molecule has 0 aliphatic heterocycles. The Morgan fingerprint density at radius 2 is 1.88 bits per heavy atom. The highest BCUT2D eigenvalue weighted by molar-refractivity contribution is 5.88. The first-order valence-corrected chi connectivity index (χ1v) is 7.71. The van der Waals surface area contributed by atoms with Gasteiger partial charge in [0.05, 0.1) is 17.0 Å². The Kier molecular flexibility index (Phi) is 4.65. The molecule has 3 rings (SSSR count). The molecule has 7 heteroatoms. The first-order valence-electron chi connectivity index (χ1n) is 7.71. The van der Waals surface area contributed by atoms with Gasteiger partial charge in [-0.15, -0.1) is 0 Å². The minimum Gasteiger partial charge on any atom is -0.478 e. The van der Waals surface area contributed by atoms with Crippen LogP contribution in [0.1, 0.15) is 27.2 Å². The first-order chi connectivity index (χ1) is 12.0. The normalized spacial score (nSPS) is 10.5. The van der Waals surface area contributed by atoms with E-state index in [4.69, 9.17) is 5.11 Å². The van der Waals surface area contributed by atoms with Crippen molar-refractivity contribution in [1.82, 2.24) is 19.9 Å². The van der Waals surface area contributed by atoms with Crippen LogP contribution in [0.25, 0.3) is 11.4 Å². The van der Waals surface area contributed by atoms with Gasteiger partial charge in [0, 0.05) is 30.8 Å². The van der Waals surface area contributed by atoms with Gasteiger partial charge in [-0.2, -0.15) is 0 Å². The smallest absolute Gasteiger partial charge is 0.335 e. The van der Waals surface area contributed by atoms with E-state index in [2.05, 4.69) is 25.3 Å². The number of pyridine rings is 2. The molecule has 0 saturated carbocycles. The highest BCUT2D eigenvalue weighted by atomic mass is 16.4. The van der Waals surface area contributed by atoms with Crippen molar-refractivity contribution in [2.24, 2.45) is 0 Å². The minimum atomic E-state index is -1.00. The third-order valence-corrected chi connectivity index (χ3v) is 3.72. The van der Waals surface area contributed by atoms with Gasteiger partial charge >= 0.3 is 5.97 Å². The van der Waals surface area contributed by atoms with E-state index in [0.29, 0.717) is 23.9 Å². The average molecular weight is 335 g/mol. The van der Waals surface area contributed by atoms with E-state index in [-0.39, 0.29) is 5.56 Å². The SMILES string of the molecule is Cc1cc(C)c(CNc2nccc(-c3cc(C(=O)O)ccn3)n2)cn1. The third-order valence-electron chi connectivity index (χ3n) is 3.72. The van der Waals surface area contributed by atoms with Crippen LogP contribution in [0.2, 0.25) is 0 Å². The van der Waals surface area contributed by atoms with Gasteiger partial charge in [0.2, 0.25) is 5.95 Å². The number of carboxylic acid groups (broad SMARTS) is 1. The van der Waals surface area contributed by atoms with E-state index in [9.17, 15) is 4.79 Å². The molecule has 7 nitrogen and oxygen atoms in total. The molecule has 0 unspecified atom stereocenters. The van der Waals surface area contributed by atoms with Crippen LogP contribution in [0.3, 0.4) is 0 Å². The van der Waals surface area contributed by atoms with Gasteiger partial charge in [0.15, 0.2) is 0 Å². The van der Waals surface area contributed by atoms with Crippen molar-refractivity contribution in [3.63, 3.8) is 0 Å². The molecule has 0 bridgehead atoms. The Morgan fingerprint density at radius 1 is 1.08 bits per heavy atom. The number of anilines is 1. The molecule has 3 aromatic rings. The number of carbonyl (C=O) groups is 1. The van der Waals surface area contributed by atoms with E-state index in [1.54, 1.807) is 12.3 Å². The second kappa shape index (κ2) is 7.04. The zero-order valence-corrected chi connectivity index (χ0v) is 13.9. The number of rotatable bonds is 5. The maximum absolute atomic E-state index is 11.1. The number of hydrogen-bond donors (Lipinski definition) is 2. The molecular weight excluding hydrogens is 318 g/mol. The molecule has 0 saturated heterocycles. The molecule has 126 valence electrons. The fraction of sp³-hybridized carbons (Fsp3) is 0.167. The van der Waals surface area contributed by atoms with Gasteiger partial charge in [-0.3, -0.25) is 9.97 Å². The Bertz CT molecular complexity index is 927. The lowest BCUT2D eigenvalue weighted by molar-refractivity contribution is 0.0697. The van der Waals surface area contributed by atoms with Crippen LogP contribution in [-0.2, 0) is 6.54 Å². The quantitative estimate of drug-likeness (QED) is 0.739. The third kappa shape index (κ3) is 3.95. The van der Waals surface area contributed by atoms with Crippen LogP contribution in [0.15, 0.2) is 42.9 Å². The number of aromatic nitrogens is 4. The topological polar surface area (TPSA) is 101 Å². The highest BCUT2D eigenvalue weighted by Gasteiger charge is 2.08. The van der Waals surface area contributed by atoms with Crippen molar-refractivity contribution in [2.75, 3.05) is 5.32 Å². The van der Waals surface area contributed by atoms with Gasteiger partial charge < -0.3 is 10.4 Å². The molecule has 2 N–H and O–H groups in total. The summed E-state index contributed by atoms with van der Waals surface area (Å²) in [6, 6.07) is 6.65. The molecule has 0 fully saturated rings. The Hall–Kier alpha value is -3.35. The second-order valence-corrected chi connectivity index (χ2v) is 5.61. The van der Waals surface area contributed by atoms with Gasteiger partial charge in [0.1, 0.15) is 0 Å². The van der Waals surface area contributed by atoms with Crippen LogP contribution in [0.4, 0.5) is 5.95 Å². The number of nitrogens with one attached hydrogen (secondary N) is 1. The molecule has 0 radical (unpaired) electrons. The first kappa shape index (κ1) is 16.5. The van der Waals surface area contributed by atoms with Gasteiger partial charge in [-0.1, -0.05) is 0 Å². The van der Waals surface area contributed by atoms with E-state index in [0.717, 1.165) is 16.8 Å². The summed E-state index contributed by atoms with van der Waals surface area (Å²) in [6.07, 6.45) is 4.90. The zero-order chi connectivity index (χ0) is 17.8. The van der Waals surface area contributed by atoms with Gasteiger partial charge in [-0.25, -0.2) is 14.8 Å². The van der Waals surface area contributed by atoms with E-state index in [1.807, 2.05) is 26.1 Å². The Morgan fingerprint density at radius 3 is 2.64 bits per heavy atom. The summed E-state index contributed by atoms with van der Waals surface area (Å²) in [5.74, 6) is -0.557. The molecule has 0 spiro atoms. The number of aryl methyl sites for hydroxylation is 2. The molecule has 0 aliphatic carbocycles. The van der Waals surface area contributed by atoms with Crippen LogP contribution >= 0.6 is 0 Å². The second-order valence-electron chi connectivity index (χ2n) is 5.61. The van der Waals surface area contributed by atoms with Crippen molar-refractivity contribution >= 4 is 11.9 Å². The number of carboxylic acids is 1. The van der Waals surface area contributed by atoms with Gasteiger partial charge in [-0.05, 0) is 49.2 Å². The zero-order valence-electron chi connectivity index (χ0n) is 13.9. The van der Waals surface area contributed by atoms with Crippen molar-refractivity contribution in [2.45, 2.75) is 20.4 Å². The highest BCUT2D eigenvalue weighted by Crippen LogP contribution is 2.17. The Balaban J connectivity index is 1.80. The van der Waals surface area contributed by atoms with Crippen LogP contribution in [-0.4, -0.2) is 31.0 Å². The standard InChI is InChI=1S/C18H17N5O2/c1-11-7-12(2)21-9-14(11)10-22-18-20-6-4-15(23-18)16-8-13(17(24)25)3-5-19-16/h3-9H,10H2,1-2H3,(H,24,25)(H,20,22,23). The fourth-order valence-electron chi connectivity index (χ4n) is 2.37. The predicted octanol–water partition coefficient (Wildman–Crippen LogP) is 2.86. The summed E-state index contributed by atoms with van der Waals surface area (Å²) in [5, 5.41) is 12.3. The summed E-state index contributed by atoms with van der Waals surface area (Å²) in [4.78, 5) is 28.2. The fourth-order valence-corrected chi connectivity index (χ4v) is 2.37. The monoisotopic (exact) mass is 335 g/mol. The maximum atomic E-state index is 11.1. The summed E-state index contributed by atoms with van der Waals surface area (Å²) in [6.45, 7) is 4.53. The van der Waals surface area contributed by atoms with Gasteiger partial charge in [0.25, 0.3) is 0 Å². The number of nitrogens with zero attached hydrogens (tertiary/aromatic N) is 4. The number of aromatic carboxylic acids is 1. The average Bonchev–Trinajstić information content (AvgIpc) is 2.61. The lowest BCUT2D eigenvalue weighted by Gasteiger charge is -2.09. The molecular formula is C18H17N5O2. The predicted molar refractivity (Wildman–Crippen MR) is 93.3 cm³/mol. The van der Waals surface area contributed by atoms with Crippen molar-refractivity contribution in [3.8, 4) is 11.4 Å². The summed E-state index contributed by atoms with van der Waals surface area (Å²) < 4.78 is 0. The largest absolute Gasteiger partial charge is 0.478 e. The van der Waals surface area contributed by atoms with Crippen LogP contribution < -0.4 is 5.32 Å². The molecule has 0 amide bonds. The van der Waals surface area contributed by atoms with Crippen LogP contribution in [0.5, 0.6) is 0 Å². The molecule has 0 aliphatic rings. The molecule has 0 atom stereocenters. The van der Waals surface area contributed by atoms with Crippen molar-refractivity contribution in [3.05, 3.63) is 65.2 Å². The van der Waals surface area contributed by atoms with Crippen LogP contribution in [0, 0.1) is 13.8 Å². The van der Waals surface area contributed by atoms with E-state index in [1.165, 1.54) is 18.3 Å².